The summed E-state index contributed by atoms with van der Waals surface area (Å²) in [6.45, 7) is 7.95. The number of benzene rings is 2. The summed E-state index contributed by atoms with van der Waals surface area (Å²) in [5, 5.41) is 2.92. The van der Waals surface area contributed by atoms with E-state index in [2.05, 4.69) is 21.2 Å². The molecular weight excluding hydrogens is 342 g/mol. The average Bonchev–Trinajstić information content (AvgIpc) is 2.46. The van der Waals surface area contributed by atoms with Gasteiger partial charge >= 0.3 is 0 Å². The number of hydrogen-bond donors (Lipinski definition) is 1. The molecule has 116 valence electrons. The quantitative estimate of drug-likeness (QED) is 0.856. The van der Waals surface area contributed by atoms with Crippen LogP contribution in [0.25, 0.3) is 0 Å². The van der Waals surface area contributed by atoms with Gasteiger partial charge in [-0.15, -0.1) is 0 Å². The predicted octanol–water partition coefficient (Wildman–Crippen LogP) is 4.70. The number of aryl methyl sites for hydroxylation is 4. The van der Waals surface area contributed by atoms with Gasteiger partial charge in [-0.05, 0) is 62.1 Å². The van der Waals surface area contributed by atoms with E-state index >= 15 is 0 Å². The Hall–Kier alpha value is -1.81. The number of carbonyl (C=O) groups is 1. The van der Waals surface area contributed by atoms with E-state index in [-0.39, 0.29) is 12.5 Å². The van der Waals surface area contributed by atoms with Gasteiger partial charge in [0.05, 0.1) is 0 Å². The third kappa shape index (κ3) is 3.89. The van der Waals surface area contributed by atoms with Gasteiger partial charge in [-0.25, -0.2) is 0 Å². The van der Waals surface area contributed by atoms with E-state index in [0.29, 0.717) is 5.75 Å². The van der Waals surface area contributed by atoms with Crippen molar-refractivity contribution in [2.24, 2.45) is 0 Å². The van der Waals surface area contributed by atoms with Crippen LogP contribution in [-0.2, 0) is 4.79 Å². The molecule has 0 bridgehead atoms. The Morgan fingerprint density at radius 1 is 1.05 bits per heavy atom. The number of carbonyl (C=O) groups excluding carboxylic acids is 1. The topological polar surface area (TPSA) is 38.3 Å². The summed E-state index contributed by atoms with van der Waals surface area (Å²) in [5.41, 5.74) is 5.13. The number of ether oxygens (including phenoxy) is 1. The third-order valence-corrected chi connectivity index (χ3v) is 4.78. The molecule has 1 amide bonds. The maximum atomic E-state index is 12.1. The second-order valence-corrected chi connectivity index (χ2v) is 6.27. The van der Waals surface area contributed by atoms with Crippen molar-refractivity contribution in [1.29, 1.82) is 0 Å². The zero-order valence-corrected chi connectivity index (χ0v) is 14.9. The first-order valence-electron chi connectivity index (χ1n) is 7.14. The molecule has 1 N–H and O–H groups in total. The summed E-state index contributed by atoms with van der Waals surface area (Å²) in [4.78, 5) is 12.1. The van der Waals surface area contributed by atoms with Gasteiger partial charge in [-0.2, -0.15) is 0 Å². The van der Waals surface area contributed by atoms with Gasteiger partial charge < -0.3 is 10.1 Å². The molecule has 0 atom stereocenters. The van der Waals surface area contributed by atoms with Crippen molar-refractivity contribution < 1.29 is 9.53 Å². The largest absolute Gasteiger partial charge is 0.484 e. The lowest BCUT2D eigenvalue weighted by Crippen LogP contribution is -2.21. The first kappa shape index (κ1) is 16.6. The van der Waals surface area contributed by atoms with E-state index in [9.17, 15) is 4.79 Å². The zero-order valence-electron chi connectivity index (χ0n) is 13.3. The molecule has 22 heavy (non-hydrogen) atoms. The van der Waals surface area contributed by atoms with Crippen molar-refractivity contribution in [1.82, 2.24) is 0 Å². The van der Waals surface area contributed by atoms with Gasteiger partial charge in [0.2, 0.25) is 0 Å². The minimum Gasteiger partial charge on any atom is -0.484 e. The van der Waals surface area contributed by atoms with Crippen molar-refractivity contribution in [2.45, 2.75) is 27.7 Å². The first-order valence-corrected chi connectivity index (χ1v) is 7.93. The first-order chi connectivity index (χ1) is 10.4. The second kappa shape index (κ2) is 6.97. The van der Waals surface area contributed by atoms with Gasteiger partial charge in [0, 0.05) is 10.2 Å². The molecule has 0 saturated heterocycles. The fourth-order valence-electron chi connectivity index (χ4n) is 2.33. The van der Waals surface area contributed by atoms with Crippen LogP contribution in [0.5, 0.6) is 5.75 Å². The molecule has 0 aromatic heterocycles. The Balaban J connectivity index is 2.02. The summed E-state index contributed by atoms with van der Waals surface area (Å²) in [7, 11) is 0. The molecule has 0 spiro atoms. The molecule has 0 heterocycles. The van der Waals surface area contributed by atoms with Crippen LogP contribution in [0.2, 0.25) is 0 Å². The average molecular weight is 362 g/mol. The van der Waals surface area contributed by atoms with Crippen molar-refractivity contribution in [3.05, 3.63) is 57.1 Å². The van der Waals surface area contributed by atoms with E-state index in [0.717, 1.165) is 32.4 Å². The number of nitrogens with one attached hydrogen (secondary N) is 1. The molecule has 0 aliphatic rings. The maximum Gasteiger partial charge on any atom is 0.262 e. The lowest BCUT2D eigenvalue weighted by atomic mass is 10.1. The van der Waals surface area contributed by atoms with Crippen LogP contribution in [0.1, 0.15) is 22.3 Å². The van der Waals surface area contributed by atoms with Crippen molar-refractivity contribution in [2.75, 3.05) is 11.9 Å². The zero-order chi connectivity index (χ0) is 16.3. The lowest BCUT2D eigenvalue weighted by molar-refractivity contribution is -0.118. The number of anilines is 1. The Morgan fingerprint density at radius 2 is 1.59 bits per heavy atom. The third-order valence-electron chi connectivity index (χ3n) is 3.53. The lowest BCUT2D eigenvalue weighted by Gasteiger charge is -2.13. The molecular formula is C18H20BrNO2. The molecule has 0 aliphatic heterocycles. The van der Waals surface area contributed by atoms with Crippen molar-refractivity contribution in [3.8, 4) is 5.75 Å². The number of hydrogen-bond acceptors (Lipinski definition) is 2. The smallest absolute Gasteiger partial charge is 0.262 e. The molecule has 0 fully saturated rings. The van der Waals surface area contributed by atoms with Gasteiger partial charge in [0.15, 0.2) is 6.61 Å². The molecule has 3 nitrogen and oxygen atoms in total. The minimum absolute atomic E-state index is 0.00567. The summed E-state index contributed by atoms with van der Waals surface area (Å²) in [6.07, 6.45) is 0. The normalized spacial score (nSPS) is 10.4. The molecule has 0 aliphatic carbocycles. The highest BCUT2D eigenvalue weighted by atomic mass is 79.9. The predicted molar refractivity (Wildman–Crippen MR) is 93.7 cm³/mol. The summed E-state index contributed by atoms with van der Waals surface area (Å²) in [5.74, 6) is 0.547. The molecule has 2 aromatic rings. The Kier molecular flexibility index (Phi) is 5.24. The Bertz CT molecular complexity index is 667. The van der Waals surface area contributed by atoms with Crippen molar-refractivity contribution >= 4 is 27.5 Å². The fraction of sp³-hybridized carbons (Fsp3) is 0.278. The SMILES string of the molecule is Cc1cc(OCC(=O)Nc2c(C)cccc2C)cc(C)c1Br. The molecule has 0 saturated carbocycles. The fourth-order valence-corrected chi connectivity index (χ4v) is 2.55. The van der Waals surface area contributed by atoms with Crippen LogP contribution in [0, 0.1) is 27.7 Å². The van der Waals surface area contributed by atoms with Crippen LogP contribution in [-0.4, -0.2) is 12.5 Å². The molecule has 2 rings (SSSR count). The number of halogens is 1. The van der Waals surface area contributed by atoms with Crippen LogP contribution in [0.4, 0.5) is 5.69 Å². The van der Waals surface area contributed by atoms with Gasteiger partial charge in [0.1, 0.15) is 5.75 Å². The molecule has 0 radical (unpaired) electrons. The van der Waals surface area contributed by atoms with Gasteiger partial charge in [-0.1, -0.05) is 34.1 Å². The molecule has 2 aromatic carbocycles. The second-order valence-electron chi connectivity index (χ2n) is 5.47. The van der Waals surface area contributed by atoms with Crippen LogP contribution in [0.3, 0.4) is 0 Å². The highest BCUT2D eigenvalue weighted by molar-refractivity contribution is 9.10. The summed E-state index contributed by atoms with van der Waals surface area (Å²) >= 11 is 3.52. The van der Waals surface area contributed by atoms with E-state index in [1.54, 1.807) is 0 Å². The van der Waals surface area contributed by atoms with E-state index < -0.39 is 0 Å². The van der Waals surface area contributed by atoms with Crippen LogP contribution < -0.4 is 10.1 Å². The molecule has 0 unspecified atom stereocenters. The minimum atomic E-state index is -0.157. The van der Waals surface area contributed by atoms with E-state index in [4.69, 9.17) is 4.74 Å². The number of para-hydroxylation sites is 1. The standard InChI is InChI=1S/C18H20BrNO2/c1-11-6-5-7-12(2)18(11)20-16(21)10-22-15-8-13(3)17(19)14(4)9-15/h5-9H,10H2,1-4H3,(H,20,21). The van der Waals surface area contributed by atoms with E-state index in [1.165, 1.54) is 0 Å². The maximum absolute atomic E-state index is 12.1. The van der Waals surface area contributed by atoms with Crippen LogP contribution in [0.15, 0.2) is 34.8 Å². The molecule has 4 heteroatoms. The number of amides is 1. The van der Waals surface area contributed by atoms with Crippen molar-refractivity contribution in [3.63, 3.8) is 0 Å². The van der Waals surface area contributed by atoms with E-state index in [1.807, 2.05) is 58.0 Å². The Labute approximate surface area is 139 Å². The van der Waals surface area contributed by atoms with Gasteiger partial charge in [0.25, 0.3) is 5.91 Å². The monoisotopic (exact) mass is 361 g/mol. The summed E-state index contributed by atoms with van der Waals surface area (Å²) < 4.78 is 6.67. The number of rotatable bonds is 4. The van der Waals surface area contributed by atoms with Gasteiger partial charge in [-0.3, -0.25) is 4.79 Å². The highest BCUT2D eigenvalue weighted by Gasteiger charge is 2.09. The highest BCUT2D eigenvalue weighted by Crippen LogP contribution is 2.26. The summed E-state index contributed by atoms with van der Waals surface area (Å²) in [6, 6.07) is 9.77. The van der Waals surface area contributed by atoms with Crippen LogP contribution >= 0.6 is 15.9 Å². The Morgan fingerprint density at radius 3 is 2.14 bits per heavy atom.